The number of ether oxygens (including phenoxy) is 1. The Morgan fingerprint density at radius 1 is 1.41 bits per heavy atom. The van der Waals surface area contributed by atoms with Gasteiger partial charge in [0.1, 0.15) is 0 Å². The Morgan fingerprint density at radius 3 is 2.41 bits per heavy atom. The van der Waals surface area contributed by atoms with Crippen molar-refractivity contribution in [3.8, 4) is 0 Å². The Morgan fingerprint density at radius 2 is 2.00 bits per heavy atom. The third-order valence-electron chi connectivity index (χ3n) is 2.48. The van der Waals surface area contributed by atoms with Crippen LogP contribution in [0.1, 0.15) is 27.2 Å². The first-order valence-electron chi connectivity index (χ1n) is 5.62. The number of hydrogen-bond donors (Lipinski definition) is 2. The van der Waals surface area contributed by atoms with Crippen molar-refractivity contribution < 1.29 is 19.4 Å². The van der Waals surface area contributed by atoms with E-state index in [0.717, 1.165) is 0 Å². The maximum atomic E-state index is 11.7. The topological polar surface area (TPSA) is 78.9 Å². The van der Waals surface area contributed by atoms with Gasteiger partial charge in [0.25, 0.3) is 0 Å². The van der Waals surface area contributed by atoms with Crippen LogP contribution in [-0.2, 0) is 9.53 Å². The summed E-state index contributed by atoms with van der Waals surface area (Å²) >= 11 is 0. The number of carboxylic acids is 1. The highest BCUT2D eigenvalue weighted by atomic mass is 16.5. The lowest BCUT2D eigenvalue weighted by atomic mass is 10.1. The van der Waals surface area contributed by atoms with Crippen LogP contribution in [0.3, 0.4) is 0 Å². The van der Waals surface area contributed by atoms with Crippen molar-refractivity contribution in [3.05, 3.63) is 0 Å². The van der Waals surface area contributed by atoms with Gasteiger partial charge in [0.15, 0.2) is 0 Å². The van der Waals surface area contributed by atoms with E-state index in [4.69, 9.17) is 9.84 Å². The van der Waals surface area contributed by atoms with Gasteiger partial charge in [-0.15, -0.1) is 0 Å². The Labute approximate surface area is 102 Å². The minimum absolute atomic E-state index is 0.0467. The molecule has 2 N–H and O–H groups in total. The molecule has 0 unspecified atom stereocenters. The fraction of sp³-hybridized carbons (Fsp3) is 0.818. The van der Waals surface area contributed by atoms with Gasteiger partial charge in [-0.1, -0.05) is 0 Å². The molecule has 0 aromatic heterocycles. The summed E-state index contributed by atoms with van der Waals surface area (Å²) in [5.41, 5.74) is -0.429. The number of carbonyl (C=O) groups excluding carboxylic acids is 1. The van der Waals surface area contributed by atoms with E-state index in [1.54, 1.807) is 7.11 Å². The number of carboxylic acid groups (broad SMARTS) is 1. The van der Waals surface area contributed by atoms with Crippen LogP contribution in [0.2, 0.25) is 0 Å². The fourth-order valence-electron chi connectivity index (χ4n) is 1.11. The molecular formula is C11H22N2O4. The zero-order chi connectivity index (χ0) is 13.5. The predicted molar refractivity (Wildman–Crippen MR) is 64.0 cm³/mol. The molecule has 0 aliphatic heterocycles. The van der Waals surface area contributed by atoms with Crippen molar-refractivity contribution in [2.45, 2.75) is 32.8 Å². The van der Waals surface area contributed by atoms with E-state index in [-0.39, 0.29) is 19.0 Å². The number of nitrogens with one attached hydrogen (secondary N) is 1. The fourth-order valence-corrected chi connectivity index (χ4v) is 1.11. The summed E-state index contributed by atoms with van der Waals surface area (Å²) in [6, 6.07) is -0.265. The van der Waals surface area contributed by atoms with Crippen molar-refractivity contribution in [2.24, 2.45) is 0 Å². The van der Waals surface area contributed by atoms with Crippen LogP contribution < -0.4 is 5.32 Å². The first-order valence-corrected chi connectivity index (χ1v) is 5.62. The van der Waals surface area contributed by atoms with E-state index in [0.29, 0.717) is 13.1 Å². The molecule has 6 heteroatoms. The molecule has 0 aromatic carbocycles. The molecule has 0 saturated heterocycles. The molecule has 0 aromatic rings. The minimum Gasteiger partial charge on any atom is -0.481 e. The smallest absolute Gasteiger partial charge is 0.317 e. The van der Waals surface area contributed by atoms with E-state index in [1.165, 1.54) is 4.90 Å². The highest BCUT2D eigenvalue weighted by Gasteiger charge is 2.19. The van der Waals surface area contributed by atoms with Gasteiger partial charge in [0, 0.05) is 26.7 Å². The number of amides is 2. The van der Waals surface area contributed by atoms with E-state index in [2.05, 4.69) is 5.32 Å². The second-order valence-electron chi connectivity index (χ2n) is 4.35. The lowest BCUT2D eigenvalue weighted by molar-refractivity contribution is -0.137. The maximum Gasteiger partial charge on any atom is 0.317 e. The lowest BCUT2D eigenvalue weighted by Crippen LogP contribution is -2.46. The van der Waals surface area contributed by atoms with Gasteiger partial charge >= 0.3 is 12.0 Å². The van der Waals surface area contributed by atoms with E-state index < -0.39 is 11.6 Å². The zero-order valence-electron chi connectivity index (χ0n) is 10.9. The van der Waals surface area contributed by atoms with Gasteiger partial charge in [-0.2, -0.15) is 0 Å². The number of hydrogen-bond acceptors (Lipinski definition) is 3. The molecule has 6 nitrogen and oxygen atoms in total. The monoisotopic (exact) mass is 246 g/mol. The maximum absolute atomic E-state index is 11.7. The zero-order valence-corrected chi connectivity index (χ0v) is 10.9. The molecule has 0 atom stereocenters. The van der Waals surface area contributed by atoms with Crippen molar-refractivity contribution >= 4 is 12.0 Å². The van der Waals surface area contributed by atoms with Crippen molar-refractivity contribution in [1.29, 1.82) is 0 Å². The first kappa shape index (κ1) is 15.7. The van der Waals surface area contributed by atoms with Crippen LogP contribution in [-0.4, -0.2) is 54.4 Å². The Balaban J connectivity index is 4.13. The Hall–Kier alpha value is -1.30. The molecule has 0 spiro atoms. The lowest BCUT2D eigenvalue weighted by Gasteiger charge is -2.26. The second kappa shape index (κ2) is 7.11. The van der Waals surface area contributed by atoms with Crippen LogP contribution in [0.5, 0.6) is 0 Å². The third-order valence-corrected chi connectivity index (χ3v) is 2.48. The van der Waals surface area contributed by atoms with Gasteiger partial charge in [-0.3, -0.25) is 4.79 Å². The third kappa shape index (κ3) is 6.78. The molecular weight excluding hydrogens is 224 g/mol. The molecule has 100 valence electrons. The number of nitrogens with zero attached hydrogens (tertiary/aromatic N) is 1. The molecule has 2 amide bonds. The second-order valence-corrected chi connectivity index (χ2v) is 4.35. The molecule has 0 bridgehead atoms. The first-order chi connectivity index (χ1) is 7.82. The number of urea groups is 1. The van der Waals surface area contributed by atoms with E-state index >= 15 is 0 Å². The van der Waals surface area contributed by atoms with Gasteiger partial charge in [0.05, 0.1) is 12.0 Å². The number of carbonyl (C=O) groups is 2. The average Bonchev–Trinajstić information content (AvgIpc) is 2.27. The van der Waals surface area contributed by atoms with Crippen LogP contribution in [0.25, 0.3) is 0 Å². The molecule has 0 rings (SSSR count). The molecule has 0 aliphatic rings. The number of aliphatic carboxylic acids is 1. The van der Waals surface area contributed by atoms with Crippen molar-refractivity contribution in [1.82, 2.24) is 10.2 Å². The minimum atomic E-state index is -0.909. The summed E-state index contributed by atoms with van der Waals surface area (Å²) in [7, 11) is 1.58. The van der Waals surface area contributed by atoms with Gasteiger partial charge in [-0.25, -0.2) is 4.79 Å². The van der Waals surface area contributed by atoms with Crippen molar-refractivity contribution in [3.63, 3.8) is 0 Å². The summed E-state index contributed by atoms with van der Waals surface area (Å²) in [5.74, 6) is -0.909. The van der Waals surface area contributed by atoms with Crippen LogP contribution in [0.15, 0.2) is 0 Å². The van der Waals surface area contributed by atoms with Gasteiger partial charge in [0.2, 0.25) is 0 Å². The van der Waals surface area contributed by atoms with Crippen LogP contribution in [0.4, 0.5) is 4.79 Å². The largest absolute Gasteiger partial charge is 0.481 e. The molecule has 0 radical (unpaired) electrons. The summed E-state index contributed by atoms with van der Waals surface area (Å²) in [6.45, 7) is 6.61. The van der Waals surface area contributed by atoms with Crippen molar-refractivity contribution in [2.75, 3.05) is 26.7 Å². The molecule has 0 aliphatic carbocycles. The normalized spacial score (nSPS) is 11.1. The summed E-state index contributed by atoms with van der Waals surface area (Å²) in [5, 5.41) is 11.3. The van der Waals surface area contributed by atoms with Crippen LogP contribution >= 0.6 is 0 Å². The van der Waals surface area contributed by atoms with E-state index in [1.807, 2.05) is 20.8 Å². The van der Waals surface area contributed by atoms with Crippen LogP contribution in [0, 0.1) is 0 Å². The van der Waals surface area contributed by atoms with Gasteiger partial charge < -0.3 is 20.1 Å². The summed E-state index contributed by atoms with van der Waals surface area (Å²) in [4.78, 5) is 23.6. The molecule has 0 heterocycles. The average molecular weight is 246 g/mol. The van der Waals surface area contributed by atoms with Gasteiger partial charge in [-0.05, 0) is 20.8 Å². The standard InChI is InChI=1S/C11H22N2O4/c1-5-13(7-6-9(14)15)10(16)12-8-11(2,3)17-4/h5-8H2,1-4H3,(H,12,16)(H,14,15). The Kier molecular flexibility index (Phi) is 6.57. The summed E-state index contributed by atoms with van der Waals surface area (Å²) < 4.78 is 5.17. The highest BCUT2D eigenvalue weighted by molar-refractivity contribution is 5.75. The molecule has 0 saturated carbocycles. The Bertz CT molecular complexity index is 266. The summed E-state index contributed by atoms with van der Waals surface area (Å²) in [6.07, 6.45) is -0.0467. The number of methoxy groups -OCH3 is 1. The SMILES string of the molecule is CCN(CCC(=O)O)C(=O)NCC(C)(C)OC. The quantitative estimate of drug-likeness (QED) is 0.700. The predicted octanol–water partition coefficient (Wildman–Crippen LogP) is 0.918. The number of rotatable bonds is 7. The molecule has 0 fully saturated rings. The highest BCUT2D eigenvalue weighted by Crippen LogP contribution is 2.05. The van der Waals surface area contributed by atoms with E-state index in [9.17, 15) is 9.59 Å². The molecule has 17 heavy (non-hydrogen) atoms.